The molecule has 0 spiro atoms. The van der Waals surface area contributed by atoms with Crippen LogP contribution in [0.3, 0.4) is 0 Å². The molecule has 1 atom stereocenters. The fraction of sp³-hybridized carbons (Fsp3) is 0.818. The van der Waals surface area contributed by atoms with E-state index >= 15 is 0 Å². The van der Waals surface area contributed by atoms with Gasteiger partial charge in [0.2, 0.25) is 0 Å². The first-order chi connectivity index (χ1) is 7.82. The summed E-state index contributed by atoms with van der Waals surface area (Å²) in [5, 5.41) is 9.14. The normalized spacial score (nSPS) is 25.5. The van der Waals surface area contributed by atoms with Gasteiger partial charge in [-0.05, 0) is 20.8 Å². The molecule has 1 fully saturated rings. The van der Waals surface area contributed by atoms with Crippen molar-refractivity contribution in [1.29, 1.82) is 0 Å². The highest BCUT2D eigenvalue weighted by Crippen LogP contribution is 2.18. The van der Waals surface area contributed by atoms with Crippen LogP contribution in [-0.2, 0) is 14.3 Å². The Bertz CT molecular complexity index is 299. The summed E-state index contributed by atoms with van der Waals surface area (Å²) in [5.41, 5.74) is -1.90. The highest BCUT2D eigenvalue weighted by Gasteiger charge is 2.39. The summed E-state index contributed by atoms with van der Waals surface area (Å²) >= 11 is 0. The fourth-order valence-electron chi connectivity index (χ4n) is 1.49. The minimum Gasteiger partial charge on any atom is -0.444 e. The zero-order chi connectivity index (χ0) is 13.1. The Kier molecular flexibility index (Phi) is 4.11. The van der Waals surface area contributed by atoms with Crippen LogP contribution in [0.5, 0.6) is 0 Å². The molecule has 0 aromatic rings. The number of hydrogen-bond donors (Lipinski definition) is 1. The van der Waals surface area contributed by atoms with Gasteiger partial charge in [-0.15, -0.1) is 0 Å². The third-order valence-corrected chi connectivity index (χ3v) is 2.34. The number of ether oxygens (including phenoxy) is 2. The summed E-state index contributed by atoms with van der Waals surface area (Å²) in [6.07, 6.45) is 0.0317. The first kappa shape index (κ1) is 13.9. The van der Waals surface area contributed by atoms with Crippen molar-refractivity contribution < 1.29 is 24.2 Å². The summed E-state index contributed by atoms with van der Waals surface area (Å²) in [6, 6.07) is 0. The molecule has 1 N–H and O–H groups in total. The van der Waals surface area contributed by atoms with Crippen LogP contribution < -0.4 is 0 Å². The Morgan fingerprint density at radius 3 is 2.71 bits per heavy atom. The van der Waals surface area contributed by atoms with Gasteiger partial charge < -0.3 is 19.5 Å². The number of rotatable bonds is 2. The maximum atomic E-state index is 11.8. The predicted molar refractivity (Wildman–Crippen MR) is 59.6 cm³/mol. The lowest BCUT2D eigenvalue weighted by molar-refractivity contribution is -0.151. The van der Waals surface area contributed by atoms with Crippen molar-refractivity contribution in [2.24, 2.45) is 0 Å². The van der Waals surface area contributed by atoms with Crippen molar-refractivity contribution in [3.8, 4) is 0 Å². The van der Waals surface area contributed by atoms with E-state index < -0.39 is 23.9 Å². The predicted octanol–water partition coefficient (Wildman–Crippen LogP) is 0.184. The van der Waals surface area contributed by atoms with Crippen LogP contribution >= 0.6 is 0 Å². The summed E-state index contributed by atoms with van der Waals surface area (Å²) < 4.78 is 10.4. The molecule has 0 bridgehead atoms. The standard InChI is InChI=1S/C11H19NO5/c1-10(2,3)17-9(15)12-4-5-16-11(6-12,7-13)8-14/h7,14H,4-6,8H2,1-3H3. The fourth-order valence-corrected chi connectivity index (χ4v) is 1.49. The third kappa shape index (κ3) is 3.67. The van der Waals surface area contributed by atoms with Gasteiger partial charge >= 0.3 is 6.09 Å². The summed E-state index contributed by atoms with van der Waals surface area (Å²) in [6.45, 7) is 5.43. The molecule has 0 saturated carbocycles. The highest BCUT2D eigenvalue weighted by molar-refractivity contribution is 5.71. The smallest absolute Gasteiger partial charge is 0.410 e. The Morgan fingerprint density at radius 2 is 2.24 bits per heavy atom. The summed E-state index contributed by atoms with van der Waals surface area (Å²) in [7, 11) is 0. The average molecular weight is 245 g/mol. The van der Waals surface area contributed by atoms with Gasteiger partial charge in [0, 0.05) is 6.54 Å². The molecule has 1 aliphatic rings. The first-order valence-electron chi connectivity index (χ1n) is 5.51. The van der Waals surface area contributed by atoms with Crippen LogP contribution in [0.4, 0.5) is 4.79 Å². The van der Waals surface area contributed by atoms with E-state index in [0.29, 0.717) is 12.8 Å². The summed E-state index contributed by atoms with van der Waals surface area (Å²) in [4.78, 5) is 24.1. The highest BCUT2D eigenvalue weighted by atomic mass is 16.6. The maximum Gasteiger partial charge on any atom is 0.410 e. The Balaban J connectivity index is 2.66. The monoisotopic (exact) mass is 245 g/mol. The number of carbonyl (C=O) groups excluding carboxylic acids is 2. The van der Waals surface area contributed by atoms with Gasteiger partial charge in [0.25, 0.3) is 0 Å². The second kappa shape index (κ2) is 5.01. The van der Waals surface area contributed by atoms with E-state index in [4.69, 9.17) is 14.6 Å². The van der Waals surface area contributed by atoms with Gasteiger partial charge in [0.15, 0.2) is 11.9 Å². The van der Waals surface area contributed by atoms with Gasteiger partial charge in [-0.2, -0.15) is 0 Å². The molecule has 6 nitrogen and oxygen atoms in total. The SMILES string of the molecule is CC(C)(C)OC(=O)N1CCOC(C=O)(CO)C1. The van der Waals surface area contributed by atoms with E-state index in [-0.39, 0.29) is 13.2 Å². The molecule has 0 aromatic carbocycles. The van der Waals surface area contributed by atoms with E-state index in [0.717, 1.165) is 0 Å². The Hall–Kier alpha value is -1.14. The van der Waals surface area contributed by atoms with Gasteiger partial charge in [0.1, 0.15) is 5.60 Å². The van der Waals surface area contributed by atoms with Crippen molar-refractivity contribution in [3.05, 3.63) is 0 Å². The lowest BCUT2D eigenvalue weighted by Crippen LogP contribution is -2.57. The van der Waals surface area contributed by atoms with Crippen LogP contribution in [0.1, 0.15) is 20.8 Å². The third-order valence-electron chi connectivity index (χ3n) is 2.34. The van der Waals surface area contributed by atoms with E-state index in [1.165, 1.54) is 4.90 Å². The van der Waals surface area contributed by atoms with Crippen LogP contribution in [-0.4, -0.2) is 59.9 Å². The van der Waals surface area contributed by atoms with Gasteiger partial charge in [-0.25, -0.2) is 4.79 Å². The number of morpholine rings is 1. The molecule has 1 unspecified atom stereocenters. The second-order valence-corrected chi connectivity index (χ2v) is 5.09. The molecule has 6 heteroatoms. The van der Waals surface area contributed by atoms with E-state index in [9.17, 15) is 9.59 Å². The number of aldehydes is 1. The number of carbonyl (C=O) groups is 2. The average Bonchev–Trinajstić information content (AvgIpc) is 2.27. The van der Waals surface area contributed by atoms with Crippen molar-refractivity contribution in [2.75, 3.05) is 26.3 Å². The molecular weight excluding hydrogens is 226 g/mol. The zero-order valence-electron chi connectivity index (χ0n) is 10.4. The first-order valence-corrected chi connectivity index (χ1v) is 5.51. The molecule has 1 heterocycles. The maximum absolute atomic E-state index is 11.8. The molecule has 0 aliphatic carbocycles. The van der Waals surface area contributed by atoms with Crippen LogP contribution in [0.25, 0.3) is 0 Å². The largest absolute Gasteiger partial charge is 0.444 e. The minimum atomic E-state index is -1.31. The lowest BCUT2D eigenvalue weighted by Gasteiger charge is -2.38. The van der Waals surface area contributed by atoms with E-state index in [1.807, 2.05) is 0 Å². The number of aliphatic hydroxyl groups is 1. The zero-order valence-corrected chi connectivity index (χ0v) is 10.4. The molecule has 98 valence electrons. The molecule has 1 rings (SSSR count). The second-order valence-electron chi connectivity index (χ2n) is 5.09. The van der Waals surface area contributed by atoms with Crippen molar-refractivity contribution in [3.63, 3.8) is 0 Å². The molecule has 0 radical (unpaired) electrons. The minimum absolute atomic E-state index is 0.0158. The molecule has 17 heavy (non-hydrogen) atoms. The van der Waals surface area contributed by atoms with E-state index in [2.05, 4.69) is 0 Å². The number of hydrogen-bond acceptors (Lipinski definition) is 5. The van der Waals surface area contributed by atoms with Crippen molar-refractivity contribution >= 4 is 12.4 Å². The van der Waals surface area contributed by atoms with Crippen LogP contribution in [0, 0.1) is 0 Å². The number of nitrogens with zero attached hydrogens (tertiary/aromatic N) is 1. The number of aliphatic hydroxyl groups excluding tert-OH is 1. The lowest BCUT2D eigenvalue weighted by atomic mass is 10.1. The van der Waals surface area contributed by atoms with Gasteiger partial charge in [0.05, 0.1) is 19.8 Å². The molecule has 0 aromatic heterocycles. The van der Waals surface area contributed by atoms with Crippen molar-refractivity contribution in [2.45, 2.75) is 32.0 Å². The Morgan fingerprint density at radius 1 is 1.59 bits per heavy atom. The molecular formula is C11H19NO5. The molecule has 1 aliphatic heterocycles. The van der Waals surface area contributed by atoms with Gasteiger partial charge in [-0.3, -0.25) is 4.79 Å². The quantitative estimate of drug-likeness (QED) is 0.702. The van der Waals surface area contributed by atoms with E-state index in [1.54, 1.807) is 20.8 Å². The van der Waals surface area contributed by atoms with Crippen LogP contribution in [0.2, 0.25) is 0 Å². The molecule has 1 saturated heterocycles. The Labute approximate surface area is 100 Å². The summed E-state index contributed by atoms with van der Waals surface area (Å²) in [5.74, 6) is 0. The van der Waals surface area contributed by atoms with Crippen molar-refractivity contribution in [1.82, 2.24) is 4.90 Å². The molecule has 1 amide bonds. The van der Waals surface area contributed by atoms with Crippen LogP contribution in [0.15, 0.2) is 0 Å². The topological polar surface area (TPSA) is 76.1 Å². The van der Waals surface area contributed by atoms with Gasteiger partial charge in [-0.1, -0.05) is 0 Å². The number of amides is 1.